The monoisotopic (exact) mass is 517 g/mol. The van der Waals surface area contributed by atoms with Crippen LogP contribution in [0.3, 0.4) is 0 Å². The van der Waals surface area contributed by atoms with Crippen LogP contribution in [0.25, 0.3) is 0 Å². The number of methoxy groups -OCH3 is 1. The summed E-state index contributed by atoms with van der Waals surface area (Å²) in [6, 6.07) is 5.93. The van der Waals surface area contributed by atoms with Gasteiger partial charge in [0.2, 0.25) is 11.8 Å². The third kappa shape index (κ3) is 6.76. The molecule has 1 saturated carbocycles. The molecule has 2 atom stereocenters. The molecule has 1 aliphatic carbocycles. The minimum absolute atomic E-state index is 0.0133. The number of halogens is 3. The van der Waals surface area contributed by atoms with Crippen LogP contribution in [0.5, 0.6) is 0 Å². The average molecular weight is 518 g/mol. The molecule has 1 aromatic heterocycles. The molecule has 1 amide bonds. The molecule has 188 valence electrons. The van der Waals surface area contributed by atoms with Crippen LogP contribution in [0.4, 0.5) is 14.6 Å². The van der Waals surface area contributed by atoms with Crippen molar-refractivity contribution in [3.8, 4) is 0 Å². The highest BCUT2D eigenvalue weighted by molar-refractivity contribution is 7.90. The van der Waals surface area contributed by atoms with E-state index in [-0.39, 0.29) is 35.1 Å². The molecular formula is C23H30ClF2N3O4S. The topological polar surface area (TPSA) is 90.3 Å². The lowest BCUT2D eigenvalue weighted by Crippen LogP contribution is -2.29. The van der Waals surface area contributed by atoms with E-state index in [0.29, 0.717) is 24.3 Å². The molecule has 11 heteroatoms. The molecular weight excluding hydrogens is 488 g/mol. The highest BCUT2D eigenvalue weighted by atomic mass is 35.5. The Labute approximate surface area is 203 Å². The number of anilines is 1. The zero-order valence-corrected chi connectivity index (χ0v) is 21.2. The molecule has 0 aliphatic heterocycles. The van der Waals surface area contributed by atoms with Gasteiger partial charge in [-0.15, -0.1) is 0 Å². The predicted molar refractivity (Wildman–Crippen MR) is 126 cm³/mol. The lowest BCUT2D eigenvalue weighted by molar-refractivity contribution is -0.118. The van der Waals surface area contributed by atoms with Gasteiger partial charge in [-0.1, -0.05) is 17.7 Å². The summed E-state index contributed by atoms with van der Waals surface area (Å²) in [7, 11) is -1.95. The van der Waals surface area contributed by atoms with Gasteiger partial charge >= 0.3 is 0 Å². The van der Waals surface area contributed by atoms with Gasteiger partial charge in [0.05, 0.1) is 28.0 Å². The summed E-state index contributed by atoms with van der Waals surface area (Å²) in [5.41, 5.74) is 0.00632. The van der Waals surface area contributed by atoms with Gasteiger partial charge in [0, 0.05) is 38.5 Å². The van der Waals surface area contributed by atoms with Crippen LogP contribution < -0.4 is 5.32 Å². The van der Waals surface area contributed by atoms with Gasteiger partial charge in [-0.25, -0.2) is 17.2 Å². The normalized spacial score (nSPS) is 19.2. The maximum atomic E-state index is 13.8. The van der Waals surface area contributed by atoms with Gasteiger partial charge in [-0.05, 0) is 50.3 Å². The number of alkyl halides is 2. The van der Waals surface area contributed by atoms with Crippen LogP contribution in [0.2, 0.25) is 5.02 Å². The number of carbonyl (C=O) groups is 1. The SMILES string of the molecule is COC(C)(C)Cn1ccc(NC(=O)C(CC2CCC(F)(F)C2)c2ccc(S(C)(=O)=O)c(Cl)c2)n1. The molecule has 0 spiro atoms. The minimum atomic E-state index is -3.55. The zero-order chi connectivity index (χ0) is 25.3. The maximum absolute atomic E-state index is 13.8. The number of aromatic nitrogens is 2. The number of rotatable bonds is 9. The lowest BCUT2D eigenvalue weighted by Gasteiger charge is -2.22. The van der Waals surface area contributed by atoms with Crippen LogP contribution in [-0.4, -0.2) is 49.0 Å². The quantitative estimate of drug-likeness (QED) is 0.510. The average Bonchev–Trinajstić information content (AvgIpc) is 3.29. The second-order valence-corrected chi connectivity index (χ2v) is 12.0. The van der Waals surface area contributed by atoms with E-state index in [4.69, 9.17) is 16.3 Å². The highest BCUT2D eigenvalue weighted by Gasteiger charge is 2.41. The molecule has 1 aromatic carbocycles. The Bertz CT molecular complexity index is 1150. The Kier molecular flexibility index (Phi) is 7.74. The molecule has 2 unspecified atom stereocenters. The molecule has 34 heavy (non-hydrogen) atoms. The van der Waals surface area contributed by atoms with E-state index in [0.717, 1.165) is 6.26 Å². The summed E-state index contributed by atoms with van der Waals surface area (Å²) >= 11 is 6.21. The first-order valence-corrected chi connectivity index (χ1v) is 13.2. The van der Waals surface area contributed by atoms with E-state index in [2.05, 4.69) is 10.4 Å². The molecule has 3 rings (SSSR count). The van der Waals surface area contributed by atoms with Crippen molar-refractivity contribution in [2.45, 2.75) is 68.4 Å². The molecule has 1 aliphatic rings. The number of ether oxygens (including phenoxy) is 1. The summed E-state index contributed by atoms with van der Waals surface area (Å²) < 4.78 is 58.5. The summed E-state index contributed by atoms with van der Waals surface area (Å²) in [6.07, 6.45) is 2.76. The third-order valence-corrected chi connectivity index (χ3v) is 7.72. The standard InChI is InChI=1S/C23H30ClF2N3O4S/c1-22(2,33-3)14-29-10-8-20(28-29)27-21(30)17(11-15-7-9-23(25,26)13-15)16-5-6-19(18(24)12-16)34(4,31)32/h5-6,8,10,12,15,17H,7,9,11,13-14H2,1-4H3,(H,27,28,30). The van der Waals surface area contributed by atoms with Crippen molar-refractivity contribution in [2.75, 3.05) is 18.7 Å². The van der Waals surface area contributed by atoms with Gasteiger partial charge in [0.25, 0.3) is 0 Å². The van der Waals surface area contributed by atoms with Crippen molar-refractivity contribution in [3.05, 3.63) is 41.0 Å². The van der Waals surface area contributed by atoms with Crippen LogP contribution >= 0.6 is 11.6 Å². The second-order valence-electron chi connectivity index (χ2n) is 9.57. The van der Waals surface area contributed by atoms with Crippen LogP contribution in [0, 0.1) is 5.92 Å². The van der Waals surface area contributed by atoms with Crippen molar-refractivity contribution in [3.63, 3.8) is 0 Å². The number of sulfone groups is 1. The number of benzene rings is 1. The van der Waals surface area contributed by atoms with Gasteiger partial charge in [0.15, 0.2) is 15.7 Å². The summed E-state index contributed by atoms with van der Waals surface area (Å²) in [5.74, 6) is -3.99. The second kappa shape index (κ2) is 9.91. The molecule has 1 heterocycles. The molecule has 0 radical (unpaired) electrons. The number of hydrogen-bond acceptors (Lipinski definition) is 5. The summed E-state index contributed by atoms with van der Waals surface area (Å²) in [5, 5.41) is 7.11. The van der Waals surface area contributed by atoms with E-state index in [1.54, 1.807) is 24.1 Å². The van der Waals surface area contributed by atoms with Gasteiger partial charge in [0.1, 0.15) is 0 Å². The molecule has 1 fully saturated rings. The predicted octanol–water partition coefficient (Wildman–Crippen LogP) is 4.91. The smallest absolute Gasteiger partial charge is 0.248 e. The largest absolute Gasteiger partial charge is 0.377 e. The fourth-order valence-corrected chi connectivity index (χ4v) is 5.53. The zero-order valence-electron chi connectivity index (χ0n) is 19.6. The van der Waals surface area contributed by atoms with Crippen molar-refractivity contribution in [2.24, 2.45) is 5.92 Å². The van der Waals surface area contributed by atoms with E-state index in [1.165, 1.54) is 18.2 Å². The Morgan fingerprint density at radius 1 is 1.38 bits per heavy atom. The van der Waals surface area contributed by atoms with Crippen LogP contribution in [0.15, 0.2) is 35.4 Å². The van der Waals surface area contributed by atoms with Crippen molar-refractivity contribution in [1.82, 2.24) is 9.78 Å². The van der Waals surface area contributed by atoms with Gasteiger partial charge in [-0.2, -0.15) is 5.10 Å². The number of hydrogen-bond donors (Lipinski definition) is 1. The first-order valence-electron chi connectivity index (χ1n) is 11.0. The van der Waals surface area contributed by atoms with E-state index >= 15 is 0 Å². The molecule has 7 nitrogen and oxygen atoms in total. The fraction of sp³-hybridized carbons (Fsp3) is 0.565. The van der Waals surface area contributed by atoms with E-state index in [9.17, 15) is 22.0 Å². The van der Waals surface area contributed by atoms with Crippen molar-refractivity contribution >= 4 is 33.2 Å². The fourth-order valence-electron chi connectivity index (χ4n) is 4.19. The lowest BCUT2D eigenvalue weighted by atomic mass is 9.87. The number of nitrogens with zero attached hydrogens (tertiary/aromatic N) is 2. The molecule has 0 bridgehead atoms. The Balaban J connectivity index is 1.84. The van der Waals surface area contributed by atoms with Crippen molar-refractivity contribution in [1.29, 1.82) is 0 Å². The summed E-state index contributed by atoms with van der Waals surface area (Å²) in [4.78, 5) is 13.2. The molecule has 0 saturated heterocycles. The maximum Gasteiger partial charge on any atom is 0.248 e. The van der Waals surface area contributed by atoms with Gasteiger partial charge < -0.3 is 10.1 Å². The molecule has 2 aromatic rings. The Morgan fingerprint density at radius 3 is 2.65 bits per heavy atom. The third-order valence-electron chi connectivity index (χ3n) is 6.14. The Morgan fingerprint density at radius 2 is 2.09 bits per heavy atom. The summed E-state index contributed by atoms with van der Waals surface area (Å²) in [6.45, 7) is 4.27. The van der Waals surface area contributed by atoms with Crippen molar-refractivity contribution < 1.29 is 26.7 Å². The highest BCUT2D eigenvalue weighted by Crippen LogP contribution is 2.43. The van der Waals surface area contributed by atoms with E-state index in [1.807, 2.05) is 13.8 Å². The first-order chi connectivity index (χ1) is 15.7. The minimum Gasteiger partial charge on any atom is -0.377 e. The number of amides is 1. The van der Waals surface area contributed by atoms with E-state index < -0.39 is 33.2 Å². The van der Waals surface area contributed by atoms with Crippen LogP contribution in [0.1, 0.15) is 51.0 Å². The Hall–Kier alpha value is -2.04. The van der Waals surface area contributed by atoms with Crippen LogP contribution in [-0.2, 0) is 25.9 Å². The number of nitrogens with one attached hydrogen (secondary N) is 1. The first kappa shape index (κ1) is 26.6. The van der Waals surface area contributed by atoms with Gasteiger partial charge in [-0.3, -0.25) is 9.48 Å². The molecule has 1 N–H and O–H groups in total. The number of carbonyl (C=O) groups excluding carboxylic acids is 1.